The first-order valence-electron chi connectivity index (χ1n) is 5.21. The van der Waals surface area contributed by atoms with Crippen LogP contribution in [-0.4, -0.2) is 22.1 Å². The van der Waals surface area contributed by atoms with E-state index in [1.54, 1.807) is 0 Å². The molecule has 1 aromatic heterocycles. The molecule has 0 amide bonds. The number of aromatic nitrogens is 3. The van der Waals surface area contributed by atoms with Crippen LogP contribution < -0.4 is 21.3 Å². The van der Waals surface area contributed by atoms with Gasteiger partial charge in [0.05, 0.1) is 12.8 Å². The first-order chi connectivity index (χ1) is 9.53. The van der Waals surface area contributed by atoms with E-state index in [1.165, 1.54) is 7.11 Å². The Bertz CT molecular complexity index is 616. The number of nitrogen functional groups attached to an aromatic ring is 1. The van der Waals surface area contributed by atoms with Crippen LogP contribution in [0, 0.1) is 17.5 Å². The molecule has 2 aromatic rings. The summed E-state index contributed by atoms with van der Waals surface area (Å²) in [6.07, 6.45) is 0. The first kappa shape index (κ1) is 13.8. The van der Waals surface area contributed by atoms with E-state index in [1.807, 2.05) is 0 Å². The molecule has 2 rings (SSSR count). The molecular weight excluding hydrogens is 277 g/mol. The normalized spacial score (nSPS) is 10.2. The molecule has 4 N–H and O–H groups in total. The molecule has 10 heteroatoms. The topological polar surface area (TPSA) is 98.0 Å². The number of methoxy groups -OCH3 is 1. The lowest BCUT2D eigenvalue weighted by atomic mass is 10.3. The Morgan fingerprint density at radius 3 is 2.45 bits per heavy atom. The molecule has 0 aliphatic rings. The van der Waals surface area contributed by atoms with Crippen molar-refractivity contribution in [3.05, 3.63) is 29.6 Å². The van der Waals surface area contributed by atoms with E-state index in [9.17, 15) is 13.2 Å². The summed E-state index contributed by atoms with van der Waals surface area (Å²) in [6, 6.07) is 1.05. The van der Waals surface area contributed by atoms with Gasteiger partial charge in [-0.1, -0.05) is 0 Å². The van der Waals surface area contributed by atoms with Crippen LogP contribution in [0.15, 0.2) is 12.1 Å². The molecule has 1 aromatic carbocycles. The molecule has 0 saturated heterocycles. The van der Waals surface area contributed by atoms with Crippen LogP contribution in [0.2, 0.25) is 0 Å². The Kier molecular flexibility index (Phi) is 3.84. The molecule has 0 saturated carbocycles. The summed E-state index contributed by atoms with van der Waals surface area (Å²) < 4.78 is 44.4. The second kappa shape index (κ2) is 5.57. The van der Waals surface area contributed by atoms with Crippen molar-refractivity contribution in [3.63, 3.8) is 0 Å². The third-order valence-corrected chi connectivity index (χ3v) is 2.17. The van der Waals surface area contributed by atoms with Crippen molar-refractivity contribution in [3.8, 4) is 6.01 Å². The van der Waals surface area contributed by atoms with Crippen molar-refractivity contribution in [1.82, 2.24) is 15.0 Å². The molecule has 0 aliphatic heterocycles. The minimum Gasteiger partial charge on any atom is -0.467 e. The fourth-order valence-electron chi connectivity index (χ4n) is 1.34. The summed E-state index contributed by atoms with van der Waals surface area (Å²) in [7, 11) is 1.29. The fraction of sp³-hybridized carbons (Fsp3) is 0.100. The van der Waals surface area contributed by atoms with E-state index in [0.29, 0.717) is 6.07 Å². The van der Waals surface area contributed by atoms with Gasteiger partial charge >= 0.3 is 6.01 Å². The summed E-state index contributed by atoms with van der Waals surface area (Å²) in [5.41, 5.74) is 1.67. The highest BCUT2D eigenvalue weighted by Crippen LogP contribution is 2.22. The van der Waals surface area contributed by atoms with Crippen molar-refractivity contribution in [1.29, 1.82) is 0 Å². The lowest BCUT2D eigenvalue weighted by molar-refractivity contribution is 0.379. The third kappa shape index (κ3) is 2.85. The largest absolute Gasteiger partial charge is 0.467 e. The van der Waals surface area contributed by atoms with Crippen LogP contribution in [-0.2, 0) is 0 Å². The van der Waals surface area contributed by atoms with E-state index >= 15 is 0 Å². The van der Waals surface area contributed by atoms with Gasteiger partial charge in [0.15, 0.2) is 11.6 Å². The van der Waals surface area contributed by atoms with Crippen LogP contribution in [0.25, 0.3) is 0 Å². The van der Waals surface area contributed by atoms with Crippen LogP contribution >= 0.6 is 0 Å². The zero-order chi connectivity index (χ0) is 14.7. The number of nitrogens with zero attached hydrogens (tertiary/aromatic N) is 3. The van der Waals surface area contributed by atoms with Crippen LogP contribution in [0.5, 0.6) is 6.01 Å². The van der Waals surface area contributed by atoms with Crippen LogP contribution in [0.1, 0.15) is 0 Å². The lowest BCUT2D eigenvalue weighted by Crippen LogP contribution is -2.13. The van der Waals surface area contributed by atoms with Crippen LogP contribution in [0.3, 0.4) is 0 Å². The maximum atomic E-state index is 13.5. The van der Waals surface area contributed by atoms with Crippen molar-refractivity contribution in [2.45, 2.75) is 0 Å². The summed E-state index contributed by atoms with van der Waals surface area (Å²) in [5, 5.41) is 2.31. The number of ether oxygens (including phenoxy) is 1. The number of anilines is 3. The quantitative estimate of drug-likeness (QED) is 0.443. The van der Waals surface area contributed by atoms with E-state index < -0.39 is 23.1 Å². The molecule has 106 valence electrons. The first-order valence-corrected chi connectivity index (χ1v) is 5.21. The van der Waals surface area contributed by atoms with Crippen molar-refractivity contribution in [2.75, 3.05) is 17.9 Å². The van der Waals surface area contributed by atoms with E-state index in [-0.39, 0.29) is 17.9 Å². The second-order valence-electron chi connectivity index (χ2n) is 3.49. The highest BCUT2D eigenvalue weighted by atomic mass is 19.2. The smallest absolute Gasteiger partial charge is 0.322 e. The Morgan fingerprint density at radius 2 is 1.80 bits per heavy atom. The molecule has 0 aliphatic carbocycles. The monoisotopic (exact) mass is 286 g/mol. The van der Waals surface area contributed by atoms with E-state index in [4.69, 9.17) is 10.6 Å². The summed E-state index contributed by atoms with van der Waals surface area (Å²) in [4.78, 5) is 11.2. The summed E-state index contributed by atoms with van der Waals surface area (Å²) in [5.74, 6) is 1.29. The van der Waals surface area contributed by atoms with Gasteiger partial charge in [0.25, 0.3) is 0 Å². The predicted octanol–water partition coefficient (Wildman–Crippen LogP) is 1.33. The van der Waals surface area contributed by atoms with Gasteiger partial charge in [-0.15, -0.1) is 0 Å². The molecule has 0 spiro atoms. The number of hydrazine groups is 1. The van der Waals surface area contributed by atoms with Gasteiger partial charge in [-0.05, 0) is 0 Å². The fourth-order valence-corrected chi connectivity index (χ4v) is 1.34. The summed E-state index contributed by atoms with van der Waals surface area (Å²) in [6.45, 7) is 0. The average Bonchev–Trinajstić information content (AvgIpc) is 2.43. The maximum Gasteiger partial charge on any atom is 0.322 e. The molecule has 1 heterocycles. The minimum absolute atomic E-state index is 0.0726. The predicted molar refractivity (Wildman–Crippen MR) is 63.8 cm³/mol. The maximum absolute atomic E-state index is 13.5. The Balaban J connectivity index is 2.39. The van der Waals surface area contributed by atoms with Gasteiger partial charge in [-0.3, -0.25) is 5.43 Å². The number of hydrogen-bond donors (Lipinski definition) is 3. The Morgan fingerprint density at radius 1 is 1.10 bits per heavy atom. The van der Waals surface area contributed by atoms with Crippen LogP contribution in [0.4, 0.5) is 30.8 Å². The molecule has 0 atom stereocenters. The number of nitrogens with one attached hydrogen (secondary N) is 2. The molecule has 0 radical (unpaired) electrons. The lowest BCUT2D eigenvalue weighted by Gasteiger charge is -2.09. The Hall–Kier alpha value is -2.62. The van der Waals surface area contributed by atoms with Gasteiger partial charge < -0.3 is 10.1 Å². The average molecular weight is 286 g/mol. The number of halogens is 3. The third-order valence-electron chi connectivity index (χ3n) is 2.17. The SMILES string of the molecule is COc1nc(NN)nc(Nc2cc(F)cc(F)c2F)n1. The standard InChI is InChI=1S/C10H9F3N6O/c1-20-10-17-8(16-9(18-10)19-14)15-6-3-4(11)2-5(12)7(6)13/h2-3H,14H2,1H3,(H2,15,16,17,18,19). The zero-order valence-corrected chi connectivity index (χ0v) is 10.1. The van der Waals surface area contributed by atoms with E-state index in [0.717, 1.165) is 6.07 Å². The molecule has 0 fully saturated rings. The van der Waals surface area contributed by atoms with Gasteiger partial charge in [-0.2, -0.15) is 15.0 Å². The molecule has 0 bridgehead atoms. The number of nitrogens with two attached hydrogens (primary N) is 1. The highest BCUT2D eigenvalue weighted by Gasteiger charge is 2.13. The number of benzene rings is 1. The van der Waals surface area contributed by atoms with Gasteiger partial charge in [-0.25, -0.2) is 19.0 Å². The van der Waals surface area contributed by atoms with Gasteiger partial charge in [0.2, 0.25) is 11.9 Å². The number of rotatable bonds is 4. The van der Waals surface area contributed by atoms with Gasteiger partial charge in [0.1, 0.15) is 5.82 Å². The molecule has 7 nitrogen and oxygen atoms in total. The zero-order valence-electron chi connectivity index (χ0n) is 10.1. The second-order valence-corrected chi connectivity index (χ2v) is 3.49. The molecular formula is C10H9F3N6O. The Labute approximate surface area is 111 Å². The van der Waals surface area contributed by atoms with E-state index in [2.05, 4.69) is 25.7 Å². The molecule has 0 unspecified atom stereocenters. The van der Waals surface area contributed by atoms with Crippen molar-refractivity contribution >= 4 is 17.6 Å². The number of hydrogen-bond acceptors (Lipinski definition) is 7. The van der Waals surface area contributed by atoms with Crippen molar-refractivity contribution < 1.29 is 17.9 Å². The van der Waals surface area contributed by atoms with Gasteiger partial charge in [0, 0.05) is 12.1 Å². The minimum atomic E-state index is -1.34. The molecule has 20 heavy (non-hydrogen) atoms. The summed E-state index contributed by atoms with van der Waals surface area (Å²) >= 11 is 0. The van der Waals surface area contributed by atoms with Crippen molar-refractivity contribution in [2.24, 2.45) is 5.84 Å². The highest BCUT2D eigenvalue weighted by molar-refractivity contribution is 5.55.